The monoisotopic (exact) mass is 280 g/mol. The Morgan fingerprint density at radius 3 is 1.74 bits per heavy atom. The summed E-state index contributed by atoms with van der Waals surface area (Å²) in [5.41, 5.74) is -0.00180. The van der Waals surface area contributed by atoms with Crippen molar-refractivity contribution in [2.24, 2.45) is 0 Å². The molecule has 6 heteroatoms. The van der Waals surface area contributed by atoms with Gasteiger partial charge in [0, 0.05) is 0 Å². The van der Waals surface area contributed by atoms with Crippen LogP contribution in [0.3, 0.4) is 0 Å². The molecule has 0 aliphatic carbocycles. The lowest BCUT2D eigenvalue weighted by Crippen LogP contribution is -2.03. The smallest absolute Gasteiger partial charge is 0.335 e. The predicted octanol–water partition coefficient (Wildman–Crippen LogP) is 2.36. The van der Waals surface area contributed by atoms with Crippen LogP contribution >= 0.6 is 0 Å². The van der Waals surface area contributed by atoms with Gasteiger partial charge in [0.1, 0.15) is 5.82 Å². The van der Waals surface area contributed by atoms with Gasteiger partial charge in [0.15, 0.2) is 0 Å². The molecule has 0 fully saturated rings. The normalized spacial score (nSPS) is 11.2. The van der Waals surface area contributed by atoms with Crippen molar-refractivity contribution >= 4 is 15.8 Å². The molecule has 0 saturated heterocycles. The summed E-state index contributed by atoms with van der Waals surface area (Å²) >= 11 is 0. The largest absolute Gasteiger partial charge is 0.478 e. The van der Waals surface area contributed by atoms with Crippen molar-refractivity contribution in [3.05, 3.63) is 59.9 Å². The fourth-order valence-corrected chi connectivity index (χ4v) is 2.79. The number of carbonyl (C=O) groups is 1. The number of carboxylic acids is 1. The summed E-state index contributed by atoms with van der Waals surface area (Å²) in [5.74, 6) is -1.66. The van der Waals surface area contributed by atoms with Crippen LogP contribution in [-0.2, 0) is 9.84 Å². The second-order valence-corrected chi connectivity index (χ2v) is 5.74. The average Bonchev–Trinajstić information content (AvgIpc) is 2.39. The van der Waals surface area contributed by atoms with E-state index in [1.807, 2.05) is 0 Å². The van der Waals surface area contributed by atoms with Gasteiger partial charge in [-0.1, -0.05) is 0 Å². The van der Waals surface area contributed by atoms with Crippen LogP contribution in [0.2, 0.25) is 0 Å². The van der Waals surface area contributed by atoms with Crippen LogP contribution < -0.4 is 0 Å². The summed E-state index contributed by atoms with van der Waals surface area (Å²) in [6.45, 7) is 0. The molecule has 0 saturated carbocycles. The van der Waals surface area contributed by atoms with Crippen molar-refractivity contribution in [2.75, 3.05) is 0 Å². The van der Waals surface area contributed by atoms with E-state index in [2.05, 4.69) is 0 Å². The van der Waals surface area contributed by atoms with Gasteiger partial charge >= 0.3 is 5.97 Å². The highest BCUT2D eigenvalue weighted by Gasteiger charge is 2.17. The van der Waals surface area contributed by atoms with Gasteiger partial charge in [0.25, 0.3) is 0 Å². The van der Waals surface area contributed by atoms with Crippen LogP contribution in [0.4, 0.5) is 4.39 Å². The summed E-state index contributed by atoms with van der Waals surface area (Å²) in [6, 6.07) is 9.27. The molecule has 2 rings (SSSR count). The molecule has 0 bridgehead atoms. The second-order valence-electron chi connectivity index (χ2n) is 3.79. The SMILES string of the molecule is O=C(O)c1ccc(S(=O)(=O)c2ccc(F)cc2)cc1. The fourth-order valence-electron chi connectivity index (χ4n) is 1.53. The summed E-state index contributed by atoms with van der Waals surface area (Å²) in [7, 11) is -3.76. The van der Waals surface area contributed by atoms with Gasteiger partial charge in [-0.15, -0.1) is 0 Å². The molecule has 19 heavy (non-hydrogen) atoms. The lowest BCUT2D eigenvalue weighted by atomic mass is 10.2. The van der Waals surface area contributed by atoms with Crippen LogP contribution in [0.5, 0.6) is 0 Å². The van der Waals surface area contributed by atoms with E-state index in [9.17, 15) is 17.6 Å². The zero-order valence-electron chi connectivity index (χ0n) is 9.58. The lowest BCUT2D eigenvalue weighted by Gasteiger charge is -2.04. The van der Waals surface area contributed by atoms with Gasteiger partial charge in [-0.3, -0.25) is 0 Å². The summed E-state index contributed by atoms with van der Waals surface area (Å²) in [4.78, 5) is 10.6. The Kier molecular flexibility index (Phi) is 3.35. The molecule has 4 nitrogen and oxygen atoms in total. The number of sulfone groups is 1. The van der Waals surface area contributed by atoms with Crippen molar-refractivity contribution in [1.29, 1.82) is 0 Å². The molecular weight excluding hydrogens is 271 g/mol. The summed E-state index contributed by atoms with van der Waals surface area (Å²) < 4.78 is 37.1. The van der Waals surface area contributed by atoms with Crippen molar-refractivity contribution in [2.45, 2.75) is 9.79 Å². The molecule has 1 N–H and O–H groups in total. The first kappa shape index (κ1) is 13.2. The van der Waals surface area contributed by atoms with Crippen LogP contribution in [0.15, 0.2) is 58.3 Å². The Hall–Kier alpha value is -2.21. The van der Waals surface area contributed by atoms with Crippen LogP contribution in [0.25, 0.3) is 0 Å². The number of hydrogen-bond donors (Lipinski definition) is 1. The maximum absolute atomic E-state index is 12.8. The quantitative estimate of drug-likeness (QED) is 0.876. The summed E-state index contributed by atoms with van der Waals surface area (Å²) in [6.07, 6.45) is 0. The first-order valence-corrected chi connectivity index (χ1v) is 6.73. The number of aromatic carboxylic acids is 1. The highest BCUT2D eigenvalue weighted by atomic mass is 32.2. The van der Waals surface area contributed by atoms with E-state index in [1.54, 1.807) is 0 Å². The molecule has 0 spiro atoms. The highest BCUT2D eigenvalue weighted by molar-refractivity contribution is 7.91. The molecule has 0 aliphatic rings. The Bertz CT molecular complexity index is 703. The van der Waals surface area contributed by atoms with E-state index < -0.39 is 21.6 Å². The minimum Gasteiger partial charge on any atom is -0.478 e. The average molecular weight is 280 g/mol. The Balaban J connectivity index is 2.44. The van der Waals surface area contributed by atoms with Crippen molar-refractivity contribution < 1.29 is 22.7 Å². The van der Waals surface area contributed by atoms with Crippen molar-refractivity contribution in [3.8, 4) is 0 Å². The molecule has 0 radical (unpaired) electrons. The maximum Gasteiger partial charge on any atom is 0.335 e. The Morgan fingerprint density at radius 2 is 1.32 bits per heavy atom. The number of carboxylic acid groups (broad SMARTS) is 1. The second kappa shape index (κ2) is 4.81. The molecular formula is C13H9FO4S. The third kappa shape index (κ3) is 2.63. The topological polar surface area (TPSA) is 71.4 Å². The number of hydrogen-bond acceptors (Lipinski definition) is 3. The zero-order valence-corrected chi connectivity index (χ0v) is 10.4. The van der Waals surface area contributed by atoms with Gasteiger partial charge in [0.05, 0.1) is 15.4 Å². The first-order chi connectivity index (χ1) is 8.91. The zero-order chi connectivity index (χ0) is 14.0. The Labute approximate surface area is 109 Å². The molecule has 0 heterocycles. The van der Waals surface area contributed by atoms with Crippen molar-refractivity contribution in [3.63, 3.8) is 0 Å². The summed E-state index contributed by atoms with van der Waals surface area (Å²) in [5, 5.41) is 8.73. The van der Waals surface area contributed by atoms with E-state index in [-0.39, 0.29) is 15.4 Å². The first-order valence-electron chi connectivity index (χ1n) is 5.25. The third-order valence-electron chi connectivity index (χ3n) is 2.54. The van der Waals surface area contributed by atoms with E-state index in [4.69, 9.17) is 5.11 Å². The molecule has 0 amide bonds. The minimum atomic E-state index is -3.76. The van der Waals surface area contributed by atoms with Gasteiger partial charge in [-0.2, -0.15) is 0 Å². The molecule has 2 aromatic rings. The number of rotatable bonds is 3. The van der Waals surface area contributed by atoms with Gasteiger partial charge in [-0.05, 0) is 48.5 Å². The molecule has 0 aliphatic heterocycles. The highest BCUT2D eigenvalue weighted by Crippen LogP contribution is 2.21. The van der Waals surface area contributed by atoms with Crippen LogP contribution in [-0.4, -0.2) is 19.5 Å². The maximum atomic E-state index is 12.8. The van der Waals surface area contributed by atoms with Crippen LogP contribution in [0.1, 0.15) is 10.4 Å². The standard InChI is InChI=1S/C13H9FO4S/c14-10-3-7-12(8-4-10)19(17,18)11-5-1-9(2-6-11)13(15)16/h1-8H,(H,15,16). The predicted molar refractivity (Wildman–Crippen MR) is 65.3 cm³/mol. The van der Waals surface area contributed by atoms with Crippen LogP contribution in [0, 0.1) is 5.82 Å². The van der Waals surface area contributed by atoms with Gasteiger partial charge in [0.2, 0.25) is 9.84 Å². The van der Waals surface area contributed by atoms with Gasteiger partial charge in [-0.25, -0.2) is 17.6 Å². The minimum absolute atomic E-state index is 0.00180. The molecule has 98 valence electrons. The Morgan fingerprint density at radius 1 is 0.895 bits per heavy atom. The molecule has 0 atom stereocenters. The molecule has 2 aromatic carbocycles. The molecule has 0 aromatic heterocycles. The number of benzene rings is 2. The van der Waals surface area contributed by atoms with Crippen molar-refractivity contribution in [1.82, 2.24) is 0 Å². The van der Waals surface area contributed by atoms with E-state index in [0.717, 1.165) is 24.3 Å². The van der Waals surface area contributed by atoms with E-state index in [0.29, 0.717) is 0 Å². The third-order valence-corrected chi connectivity index (χ3v) is 4.32. The van der Waals surface area contributed by atoms with E-state index >= 15 is 0 Å². The fraction of sp³-hybridized carbons (Fsp3) is 0. The van der Waals surface area contributed by atoms with E-state index in [1.165, 1.54) is 24.3 Å². The lowest BCUT2D eigenvalue weighted by molar-refractivity contribution is 0.0696. The molecule has 0 unspecified atom stereocenters. The van der Waals surface area contributed by atoms with Gasteiger partial charge < -0.3 is 5.11 Å². The number of halogens is 1.